The highest BCUT2D eigenvalue weighted by atomic mass is 16.7. The van der Waals surface area contributed by atoms with Crippen LogP contribution >= 0.6 is 0 Å². The lowest BCUT2D eigenvalue weighted by Gasteiger charge is -2.22. The summed E-state index contributed by atoms with van der Waals surface area (Å²) in [6, 6.07) is 14.2. The molecule has 0 aliphatic carbocycles. The van der Waals surface area contributed by atoms with Crippen LogP contribution in [-0.2, 0) is 4.79 Å². The standard InChI is InChI=1S/C16H13NO3/c1-10-13-8-7-12(9-14(13)20-17-16(10)19)15(18)11-5-3-2-4-6-11/h2-10H,1H3,(H,17,19). The van der Waals surface area contributed by atoms with Crippen LogP contribution in [0.1, 0.15) is 34.3 Å². The van der Waals surface area contributed by atoms with Crippen LogP contribution < -0.4 is 10.3 Å². The molecule has 1 heterocycles. The van der Waals surface area contributed by atoms with Crippen molar-refractivity contribution in [1.29, 1.82) is 0 Å². The second-order valence-electron chi connectivity index (χ2n) is 4.74. The van der Waals surface area contributed by atoms with E-state index in [1.165, 1.54) is 0 Å². The lowest BCUT2D eigenvalue weighted by Crippen LogP contribution is -2.35. The van der Waals surface area contributed by atoms with Gasteiger partial charge < -0.3 is 4.84 Å². The first kappa shape index (κ1) is 12.4. The molecule has 1 amide bonds. The minimum Gasteiger partial charge on any atom is -0.379 e. The quantitative estimate of drug-likeness (QED) is 0.850. The van der Waals surface area contributed by atoms with Gasteiger partial charge in [-0.3, -0.25) is 9.59 Å². The predicted octanol–water partition coefficient (Wildman–Crippen LogP) is 2.44. The van der Waals surface area contributed by atoms with E-state index in [-0.39, 0.29) is 17.6 Å². The number of nitrogens with one attached hydrogen (secondary N) is 1. The molecule has 0 saturated heterocycles. The number of hydrogen-bond donors (Lipinski definition) is 1. The van der Waals surface area contributed by atoms with Crippen molar-refractivity contribution in [2.24, 2.45) is 0 Å². The van der Waals surface area contributed by atoms with Crippen LogP contribution in [0.5, 0.6) is 5.75 Å². The summed E-state index contributed by atoms with van der Waals surface area (Å²) in [7, 11) is 0. The first-order valence-electron chi connectivity index (χ1n) is 6.37. The van der Waals surface area contributed by atoms with Crippen molar-refractivity contribution < 1.29 is 14.4 Å². The molecule has 0 aromatic heterocycles. The van der Waals surface area contributed by atoms with E-state index < -0.39 is 0 Å². The van der Waals surface area contributed by atoms with E-state index in [0.29, 0.717) is 16.9 Å². The van der Waals surface area contributed by atoms with Gasteiger partial charge in [-0.25, -0.2) is 0 Å². The van der Waals surface area contributed by atoms with Crippen molar-refractivity contribution in [2.45, 2.75) is 12.8 Å². The Bertz CT molecular complexity index is 679. The van der Waals surface area contributed by atoms with E-state index in [4.69, 9.17) is 4.84 Å². The van der Waals surface area contributed by atoms with Crippen LogP contribution in [0.4, 0.5) is 0 Å². The fourth-order valence-electron chi connectivity index (χ4n) is 2.21. The number of fused-ring (bicyclic) bond motifs is 1. The van der Waals surface area contributed by atoms with E-state index >= 15 is 0 Å². The second kappa shape index (κ2) is 4.81. The molecular weight excluding hydrogens is 254 g/mol. The summed E-state index contributed by atoms with van der Waals surface area (Å²) in [4.78, 5) is 29.0. The largest absolute Gasteiger partial charge is 0.379 e. The molecule has 2 aromatic rings. The van der Waals surface area contributed by atoms with Crippen LogP contribution in [0, 0.1) is 0 Å². The zero-order valence-electron chi connectivity index (χ0n) is 10.9. The van der Waals surface area contributed by atoms with Gasteiger partial charge in [0.2, 0.25) is 0 Å². The Morgan fingerprint density at radius 3 is 2.60 bits per heavy atom. The van der Waals surface area contributed by atoms with E-state index in [0.717, 1.165) is 5.56 Å². The van der Waals surface area contributed by atoms with Gasteiger partial charge in [-0.1, -0.05) is 42.5 Å². The number of hydroxylamine groups is 1. The van der Waals surface area contributed by atoms with Crippen molar-refractivity contribution in [1.82, 2.24) is 5.48 Å². The zero-order valence-corrected chi connectivity index (χ0v) is 10.9. The highest BCUT2D eigenvalue weighted by Gasteiger charge is 2.26. The molecule has 4 nitrogen and oxygen atoms in total. The van der Waals surface area contributed by atoms with Crippen molar-refractivity contribution in [3.8, 4) is 5.75 Å². The first-order valence-corrected chi connectivity index (χ1v) is 6.37. The molecule has 0 saturated carbocycles. The number of carbonyl (C=O) groups is 2. The molecule has 0 fully saturated rings. The third-order valence-electron chi connectivity index (χ3n) is 3.43. The van der Waals surface area contributed by atoms with Crippen LogP contribution in [0.3, 0.4) is 0 Å². The Kier molecular flexibility index (Phi) is 2.99. The molecule has 1 unspecified atom stereocenters. The van der Waals surface area contributed by atoms with Crippen molar-refractivity contribution in [3.63, 3.8) is 0 Å². The zero-order chi connectivity index (χ0) is 14.1. The van der Waals surface area contributed by atoms with Gasteiger partial charge in [0, 0.05) is 16.7 Å². The molecule has 20 heavy (non-hydrogen) atoms. The van der Waals surface area contributed by atoms with Crippen LogP contribution in [0.2, 0.25) is 0 Å². The van der Waals surface area contributed by atoms with Gasteiger partial charge in [-0.05, 0) is 13.0 Å². The van der Waals surface area contributed by atoms with Gasteiger partial charge in [0.15, 0.2) is 11.5 Å². The molecule has 4 heteroatoms. The highest BCUT2D eigenvalue weighted by molar-refractivity contribution is 6.09. The van der Waals surface area contributed by atoms with Crippen molar-refractivity contribution in [2.75, 3.05) is 0 Å². The summed E-state index contributed by atoms with van der Waals surface area (Å²) in [5.41, 5.74) is 4.30. The number of hydrogen-bond acceptors (Lipinski definition) is 3. The van der Waals surface area contributed by atoms with Gasteiger partial charge in [0.1, 0.15) is 0 Å². The normalized spacial score (nSPS) is 16.9. The second-order valence-corrected chi connectivity index (χ2v) is 4.74. The van der Waals surface area contributed by atoms with E-state index in [1.807, 2.05) is 18.2 Å². The Morgan fingerprint density at radius 1 is 1.10 bits per heavy atom. The monoisotopic (exact) mass is 267 g/mol. The third kappa shape index (κ3) is 2.05. The molecule has 100 valence electrons. The maximum Gasteiger partial charge on any atom is 0.259 e. The Balaban J connectivity index is 1.98. The summed E-state index contributed by atoms with van der Waals surface area (Å²) in [5.74, 6) is -0.000280. The maximum atomic E-state index is 12.3. The lowest BCUT2D eigenvalue weighted by molar-refractivity contribution is -0.130. The number of carbonyl (C=O) groups excluding carboxylic acids is 2. The Labute approximate surface area is 116 Å². The topological polar surface area (TPSA) is 55.4 Å². The summed E-state index contributed by atoms with van der Waals surface area (Å²) >= 11 is 0. The molecule has 0 radical (unpaired) electrons. The number of benzene rings is 2. The molecular formula is C16H13NO3. The fraction of sp³-hybridized carbons (Fsp3) is 0.125. The molecule has 1 N–H and O–H groups in total. The molecule has 0 spiro atoms. The highest BCUT2D eigenvalue weighted by Crippen LogP contribution is 2.31. The smallest absolute Gasteiger partial charge is 0.259 e. The Morgan fingerprint density at radius 2 is 1.85 bits per heavy atom. The summed E-state index contributed by atoms with van der Waals surface area (Å²) in [5, 5.41) is 0. The van der Waals surface area contributed by atoms with E-state index in [1.54, 1.807) is 37.3 Å². The predicted molar refractivity (Wildman–Crippen MR) is 73.5 cm³/mol. The maximum absolute atomic E-state index is 12.3. The minimum atomic E-state index is -0.278. The SMILES string of the molecule is CC1C(=O)NOc2cc(C(=O)c3ccccc3)ccc21. The van der Waals surface area contributed by atoms with E-state index in [9.17, 15) is 9.59 Å². The van der Waals surface area contributed by atoms with Gasteiger partial charge in [0.05, 0.1) is 5.92 Å². The lowest BCUT2D eigenvalue weighted by atomic mass is 9.95. The average Bonchev–Trinajstić information content (AvgIpc) is 2.51. The van der Waals surface area contributed by atoms with Gasteiger partial charge in [0.25, 0.3) is 5.91 Å². The van der Waals surface area contributed by atoms with Crippen molar-refractivity contribution >= 4 is 11.7 Å². The average molecular weight is 267 g/mol. The van der Waals surface area contributed by atoms with Crippen LogP contribution in [-0.4, -0.2) is 11.7 Å². The van der Waals surface area contributed by atoms with Gasteiger partial charge >= 0.3 is 0 Å². The molecule has 1 aliphatic rings. The fourth-order valence-corrected chi connectivity index (χ4v) is 2.21. The summed E-state index contributed by atoms with van der Waals surface area (Å²) in [6.45, 7) is 1.80. The first-order chi connectivity index (χ1) is 9.66. The molecule has 0 bridgehead atoms. The minimum absolute atomic E-state index is 0.0680. The number of rotatable bonds is 2. The molecule has 2 aromatic carbocycles. The van der Waals surface area contributed by atoms with Gasteiger partial charge in [-0.15, -0.1) is 0 Å². The number of amides is 1. The Hall–Kier alpha value is -2.62. The van der Waals surface area contributed by atoms with Crippen LogP contribution in [0.15, 0.2) is 48.5 Å². The molecule has 1 atom stereocenters. The van der Waals surface area contributed by atoms with Crippen molar-refractivity contribution in [3.05, 3.63) is 65.2 Å². The van der Waals surface area contributed by atoms with Crippen LogP contribution in [0.25, 0.3) is 0 Å². The third-order valence-corrected chi connectivity index (χ3v) is 3.43. The molecule has 1 aliphatic heterocycles. The van der Waals surface area contributed by atoms with Gasteiger partial charge in [-0.2, -0.15) is 5.48 Å². The number of ketones is 1. The summed E-state index contributed by atoms with van der Waals surface area (Å²) in [6.07, 6.45) is 0. The summed E-state index contributed by atoms with van der Waals surface area (Å²) < 4.78 is 0. The van der Waals surface area contributed by atoms with E-state index in [2.05, 4.69) is 5.48 Å². The molecule has 3 rings (SSSR count).